The van der Waals surface area contributed by atoms with Crippen molar-refractivity contribution in [2.24, 2.45) is 0 Å². The molecule has 2 atom stereocenters. The van der Waals surface area contributed by atoms with Crippen molar-refractivity contribution in [2.45, 2.75) is 81.0 Å². The molecule has 0 amide bonds. The molecule has 1 aliphatic heterocycles. The first-order valence-corrected chi connectivity index (χ1v) is 14.1. The van der Waals surface area contributed by atoms with Gasteiger partial charge in [-0.1, -0.05) is 62.4 Å². The molecule has 0 spiro atoms. The van der Waals surface area contributed by atoms with E-state index in [9.17, 15) is 9.90 Å². The first kappa shape index (κ1) is 27.5. The summed E-state index contributed by atoms with van der Waals surface area (Å²) in [5, 5.41) is 9.43. The second-order valence-corrected chi connectivity index (χ2v) is 11.4. The van der Waals surface area contributed by atoms with E-state index in [0.29, 0.717) is 23.3 Å². The van der Waals surface area contributed by atoms with Gasteiger partial charge in [0.25, 0.3) is 0 Å². The summed E-state index contributed by atoms with van der Waals surface area (Å²) in [7, 11) is 0. The van der Waals surface area contributed by atoms with E-state index in [-0.39, 0.29) is 31.0 Å². The number of nitrogen functional groups attached to an aromatic ring is 1. The number of carboxylic acids is 1. The summed E-state index contributed by atoms with van der Waals surface area (Å²) in [6.45, 7) is 0. The van der Waals surface area contributed by atoms with Gasteiger partial charge in [0.2, 0.25) is 0 Å². The number of aliphatic carboxylic acids is 1. The van der Waals surface area contributed by atoms with Crippen LogP contribution < -0.4 is 40.2 Å². The standard InChI is InChI=1S/C31H34ClN3O2.Na.H/c32-28-25-16-23(22-12-10-21(11-13-22)19-6-2-1-3-7-19)14-15-27(25)35(29(28)31(36)37)30-26(33)17-24(18-34-30)20-8-4-5-9-20;;/h10-20,28-29H,1-9,33H2,(H,36,37);;/q;+1;-1. The van der Waals surface area contributed by atoms with Gasteiger partial charge in [-0.15, -0.1) is 11.6 Å². The molecule has 2 saturated carbocycles. The number of fused-ring (bicyclic) bond motifs is 1. The molecule has 3 aliphatic rings. The Morgan fingerprint density at radius 2 is 1.50 bits per heavy atom. The number of aromatic nitrogens is 1. The molecule has 7 heteroatoms. The second kappa shape index (κ2) is 11.6. The van der Waals surface area contributed by atoms with Gasteiger partial charge >= 0.3 is 35.5 Å². The molecule has 0 bridgehead atoms. The van der Waals surface area contributed by atoms with E-state index in [0.717, 1.165) is 40.8 Å². The Balaban J connectivity index is 0.00000176. The Morgan fingerprint density at radius 3 is 2.13 bits per heavy atom. The van der Waals surface area contributed by atoms with Crippen LogP contribution in [0.2, 0.25) is 0 Å². The van der Waals surface area contributed by atoms with Crippen LogP contribution >= 0.6 is 11.6 Å². The predicted octanol–water partition coefficient (Wildman–Crippen LogP) is 5.04. The van der Waals surface area contributed by atoms with Gasteiger partial charge < -0.3 is 17.2 Å². The molecule has 0 saturated heterocycles. The summed E-state index contributed by atoms with van der Waals surface area (Å²) in [6.07, 6.45) is 13.2. The number of anilines is 3. The number of nitrogens with zero attached hydrogens (tertiary/aromatic N) is 2. The number of carboxylic acid groups (broad SMARTS) is 1. The maximum Gasteiger partial charge on any atom is 1.00 e. The zero-order valence-electron chi connectivity index (χ0n) is 23.1. The molecule has 2 fully saturated rings. The average molecular weight is 540 g/mol. The predicted molar refractivity (Wildman–Crippen MR) is 151 cm³/mol. The number of carbonyl (C=O) groups is 1. The molecule has 2 aliphatic carbocycles. The van der Waals surface area contributed by atoms with Crippen LogP contribution in [-0.4, -0.2) is 22.1 Å². The average Bonchev–Trinajstić information content (AvgIpc) is 3.56. The van der Waals surface area contributed by atoms with Gasteiger partial charge in [-0.3, -0.25) is 0 Å². The summed E-state index contributed by atoms with van der Waals surface area (Å²) in [6, 6.07) is 15.9. The molecule has 0 radical (unpaired) electrons. The molecule has 3 N–H and O–H groups in total. The number of nitrogens with two attached hydrogens (primary N) is 1. The van der Waals surface area contributed by atoms with E-state index >= 15 is 0 Å². The molecule has 3 aromatic rings. The Kier molecular flexibility index (Phi) is 8.39. The number of hydrogen-bond acceptors (Lipinski definition) is 4. The van der Waals surface area contributed by atoms with E-state index in [2.05, 4.69) is 29.2 Å². The summed E-state index contributed by atoms with van der Waals surface area (Å²) in [5.74, 6) is 0.620. The topological polar surface area (TPSA) is 79.5 Å². The molecular formula is C31H35ClN3NaO2. The molecule has 1 aromatic heterocycles. The first-order valence-electron chi connectivity index (χ1n) is 13.7. The first-order chi connectivity index (χ1) is 18.0. The van der Waals surface area contributed by atoms with E-state index in [1.165, 1.54) is 50.5 Å². The molecule has 6 rings (SSSR count). The fourth-order valence-corrected chi connectivity index (χ4v) is 7.06. The molecule has 2 heterocycles. The van der Waals surface area contributed by atoms with Crippen LogP contribution in [0, 0.1) is 0 Å². The third-order valence-electron chi connectivity index (χ3n) is 8.68. The van der Waals surface area contributed by atoms with Crippen molar-refractivity contribution in [3.63, 3.8) is 0 Å². The molecule has 38 heavy (non-hydrogen) atoms. The fraction of sp³-hybridized carbons (Fsp3) is 0.419. The van der Waals surface area contributed by atoms with Gasteiger partial charge in [-0.05, 0) is 83.5 Å². The van der Waals surface area contributed by atoms with Crippen molar-refractivity contribution in [3.8, 4) is 11.1 Å². The smallest absolute Gasteiger partial charge is 1.00 e. The minimum absolute atomic E-state index is 0. The molecule has 5 nitrogen and oxygen atoms in total. The van der Waals surface area contributed by atoms with Crippen LogP contribution in [0.5, 0.6) is 0 Å². The molecule has 194 valence electrons. The second-order valence-electron chi connectivity index (χ2n) is 10.9. The van der Waals surface area contributed by atoms with Gasteiger partial charge in [-0.25, -0.2) is 9.78 Å². The van der Waals surface area contributed by atoms with E-state index in [1.807, 2.05) is 30.5 Å². The molecule has 2 unspecified atom stereocenters. The van der Waals surface area contributed by atoms with Crippen molar-refractivity contribution < 1.29 is 40.9 Å². The van der Waals surface area contributed by atoms with Gasteiger partial charge in [0, 0.05) is 11.9 Å². The van der Waals surface area contributed by atoms with Crippen LogP contribution in [0.4, 0.5) is 17.2 Å². The van der Waals surface area contributed by atoms with Crippen molar-refractivity contribution in [1.29, 1.82) is 0 Å². The van der Waals surface area contributed by atoms with Crippen LogP contribution in [0.1, 0.15) is 93.1 Å². The van der Waals surface area contributed by atoms with E-state index in [4.69, 9.17) is 17.3 Å². The summed E-state index contributed by atoms with van der Waals surface area (Å²) >= 11 is 6.83. The summed E-state index contributed by atoms with van der Waals surface area (Å²) in [5.41, 5.74) is 13.2. The van der Waals surface area contributed by atoms with Crippen LogP contribution in [-0.2, 0) is 4.79 Å². The fourth-order valence-electron chi connectivity index (χ4n) is 6.67. The molecular weight excluding hydrogens is 505 g/mol. The van der Waals surface area contributed by atoms with Crippen LogP contribution in [0.3, 0.4) is 0 Å². The van der Waals surface area contributed by atoms with Crippen molar-refractivity contribution in [1.82, 2.24) is 4.98 Å². The number of alkyl halides is 1. The third kappa shape index (κ3) is 5.11. The number of benzene rings is 2. The van der Waals surface area contributed by atoms with E-state index in [1.54, 1.807) is 4.90 Å². The normalized spacial score (nSPS) is 21.8. The Morgan fingerprint density at radius 1 is 0.895 bits per heavy atom. The zero-order valence-corrected chi connectivity index (χ0v) is 24.8. The Labute approximate surface area is 253 Å². The zero-order chi connectivity index (χ0) is 25.5. The van der Waals surface area contributed by atoms with Gasteiger partial charge in [-0.2, -0.15) is 0 Å². The SMILES string of the molecule is Nc1cc(C2CCCC2)cnc1N1c2ccc(-c3ccc(C4CCCCC4)cc3)cc2C(Cl)C1C(=O)O.[H-].[Na+]. The number of halogens is 1. The monoisotopic (exact) mass is 539 g/mol. The Hall–Kier alpha value is -2.05. The third-order valence-corrected chi connectivity index (χ3v) is 9.16. The van der Waals surface area contributed by atoms with Crippen molar-refractivity contribution >= 4 is 34.8 Å². The van der Waals surface area contributed by atoms with Gasteiger partial charge in [0.05, 0.1) is 11.1 Å². The largest absolute Gasteiger partial charge is 1.00 e. The van der Waals surface area contributed by atoms with E-state index < -0.39 is 17.4 Å². The minimum Gasteiger partial charge on any atom is -1.00 e. The quantitative estimate of drug-likeness (QED) is 0.351. The maximum atomic E-state index is 12.4. The maximum absolute atomic E-state index is 12.4. The van der Waals surface area contributed by atoms with Gasteiger partial charge in [0.15, 0.2) is 11.9 Å². The minimum atomic E-state index is -0.990. The number of pyridine rings is 1. The van der Waals surface area contributed by atoms with Crippen molar-refractivity contribution in [2.75, 3.05) is 10.6 Å². The summed E-state index contributed by atoms with van der Waals surface area (Å²) in [4.78, 5) is 18.8. The summed E-state index contributed by atoms with van der Waals surface area (Å²) < 4.78 is 0. The Bertz CT molecular complexity index is 1310. The number of hydrogen-bond donors (Lipinski definition) is 2. The van der Waals surface area contributed by atoms with Crippen LogP contribution in [0.25, 0.3) is 11.1 Å². The van der Waals surface area contributed by atoms with Crippen LogP contribution in [0.15, 0.2) is 54.7 Å². The number of rotatable bonds is 5. The molecule has 2 aromatic carbocycles. The van der Waals surface area contributed by atoms with Gasteiger partial charge in [0.1, 0.15) is 0 Å². The van der Waals surface area contributed by atoms with Crippen molar-refractivity contribution in [3.05, 3.63) is 71.4 Å².